The van der Waals surface area contributed by atoms with E-state index in [0.717, 1.165) is 10.5 Å². The van der Waals surface area contributed by atoms with Gasteiger partial charge >= 0.3 is 6.03 Å². The summed E-state index contributed by atoms with van der Waals surface area (Å²) in [5, 5.41) is 4.79. The number of methoxy groups -OCH3 is 1. The van der Waals surface area contributed by atoms with Gasteiger partial charge in [0, 0.05) is 5.69 Å². The van der Waals surface area contributed by atoms with Crippen molar-refractivity contribution in [3.8, 4) is 17.2 Å². The van der Waals surface area contributed by atoms with E-state index in [-0.39, 0.29) is 29.4 Å². The van der Waals surface area contributed by atoms with Crippen LogP contribution in [0.5, 0.6) is 17.2 Å². The van der Waals surface area contributed by atoms with Gasteiger partial charge in [-0.3, -0.25) is 19.7 Å². The van der Waals surface area contributed by atoms with Crippen molar-refractivity contribution in [2.75, 3.05) is 23.9 Å². The highest BCUT2D eigenvalue weighted by Crippen LogP contribution is 2.37. The topological polar surface area (TPSA) is 123 Å². The van der Waals surface area contributed by atoms with Crippen LogP contribution in [0, 0.1) is 5.82 Å². The van der Waals surface area contributed by atoms with Gasteiger partial charge in [-0.1, -0.05) is 30.3 Å². The molecule has 5 amide bonds. The summed E-state index contributed by atoms with van der Waals surface area (Å²) in [5.74, 6) is -1.68. The molecule has 1 fully saturated rings. The fourth-order valence-corrected chi connectivity index (χ4v) is 4.90. The van der Waals surface area contributed by atoms with Gasteiger partial charge in [0.25, 0.3) is 17.7 Å². The van der Waals surface area contributed by atoms with Crippen molar-refractivity contribution in [1.29, 1.82) is 0 Å². The van der Waals surface area contributed by atoms with E-state index in [1.54, 1.807) is 30.3 Å². The average Bonchev–Trinajstić information content (AvgIpc) is 3.03. The van der Waals surface area contributed by atoms with E-state index < -0.39 is 29.6 Å². The van der Waals surface area contributed by atoms with E-state index >= 15 is 0 Å². The molecule has 0 aromatic heterocycles. The van der Waals surface area contributed by atoms with Crippen LogP contribution in [0.4, 0.5) is 20.6 Å². The van der Waals surface area contributed by atoms with Gasteiger partial charge in [0.1, 0.15) is 23.7 Å². The molecule has 1 saturated heterocycles. The second kappa shape index (κ2) is 13.9. The number of carbonyl (C=O) groups is 4. The summed E-state index contributed by atoms with van der Waals surface area (Å²) < 4.78 is 30.3. The van der Waals surface area contributed by atoms with Crippen molar-refractivity contribution in [1.82, 2.24) is 5.32 Å². The number of hydrogen-bond acceptors (Lipinski definition) is 7. The molecule has 0 saturated carbocycles. The Morgan fingerprint density at radius 1 is 0.956 bits per heavy atom. The van der Waals surface area contributed by atoms with Crippen molar-refractivity contribution < 1.29 is 37.8 Å². The first kappa shape index (κ1) is 31.0. The Bertz CT molecular complexity index is 1780. The highest BCUT2D eigenvalue weighted by Gasteiger charge is 2.37. The number of nitrogens with one attached hydrogen (secondary N) is 2. The number of barbiturate groups is 1. The quantitative estimate of drug-likeness (QED) is 0.160. The lowest BCUT2D eigenvalue weighted by Crippen LogP contribution is -2.54. The highest BCUT2D eigenvalue weighted by molar-refractivity contribution is 9.10. The lowest BCUT2D eigenvalue weighted by Gasteiger charge is -2.26. The number of benzene rings is 4. The molecular formula is C33H25BrFN3O7. The molecule has 4 aromatic carbocycles. The largest absolute Gasteiger partial charge is 0.493 e. The van der Waals surface area contributed by atoms with E-state index in [0.29, 0.717) is 28.1 Å². The fraction of sp³-hybridized carbons (Fsp3) is 0.0909. The Labute approximate surface area is 265 Å². The number of urea groups is 1. The molecule has 0 unspecified atom stereocenters. The molecule has 0 spiro atoms. The molecule has 12 heteroatoms. The fourth-order valence-electron chi connectivity index (χ4n) is 4.32. The van der Waals surface area contributed by atoms with Crippen LogP contribution in [0.25, 0.3) is 6.08 Å². The molecule has 5 rings (SSSR count). The van der Waals surface area contributed by atoms with Crippen molar-refractivity contribution in [2.24, 2.45) is 0 Å². The third-order valence-corrected chi connectivity index (χ3v) is 7.07. The average molecular weight is 674 g/mol. The number of rotatable bonds is 10. The van der Waals surface area contributed by atoms with Crippen LogP contribution < -0.4 is 29.7 Å². The molecule has 1 aliphatic rings. The number of imide groups is 2. The molecule has 10 nitrogen and oxygen atoms in total. The summed E-state index contributed by atoms with van der Waals surface area (Å²) in [6.45, 7) is -0.0441. The molecule has 2 N–H and O–H groups in total. The van der Waals surface area contributed by atoms with Crippen LogP contribution in [0.1, 0.15) is 11.1 Å². The zero-order valence-corrected chi connectivity index (χ0v) is 25.3. The first-order chi connectivity index (χ1) is 21.7. The Morgan fingerprint density at radius 3 is 2.36 bits per heavy atom. The van der Waals surface area contributed by atoms with Gasteiger partial charge in [-0.2, -0.15) is 0 Å². The zero-order chi connectivity index (χ0) is 31.9. The zero-order valence-electron chi connectivity index (χ0n) is 23.7. The normalized spacial score (nSPS) is 13.8. The van der Waals surface area contributed by atoms with Crippen molar-refractivity contribution in [3.05, 3.63) is 118 Å². The van der Waals surface area contributed by atoms with E-state index in [2.05, 4.69) is 26.6 Å². The number of nitrogens with zero attached hydrogens (tertiary/aromatic N) is 1. The molecule has 4 aromatic rings. The van der Waals surface area contributed by atoms with E-state index in [1.165, 1.54) is 43.5 Å². The summed E-state index contributed by atoms with van der Waals surface area (Å²) >= 11 is 3.38. The predicted octanol–water partition coefficient (Wildman–Crippen LogP) is 5.86. The summed E-state index contributed by atoms with van der Waals surface area (Å²) in [7, 11) is 1.39. The van der Waals surface area contributed by atoms with Crippen molar-refractivity contribution in [2.45, 2.75) is 6.61 Å². The molecule has 0 bridgehead atoms. The Kier molecular flexibility index (Phi) is 9.54. The summed E-state index contributed by atoms with van der Waals surface area (Å²) in [4.78, 5) is 52.0. The second-order valence-corrected chi connectivity index (χ2v) is 10.5. The maximum absolute atomic E-state index is 13.4. The van der Waals surface area contributed by atoms with Crippen LogP contribution >= 0.6 is 15.9 Å². The van der Waals surface area contributed by atoms with Gasteiger partial charge < -0.3 is 19.5 Å². The van der Waals surface area contributed by atoms with E-state index in [9.17, 15) is 23.6 Å². The highest BCUT2D eigenvalue weighted by atomic mass is 79.9. The maximum atomic E-state index is 13.4. The summed E-state index contributed by atoms with van der Waals surface area (Å²) in [5.41, 5.74) is 1.70. The van der Waals surface area contributed by atoms with E-state index in [1.807, 2.05) is 30.3 Å². The third-order valence-electron chi connectivity index (χ3n) is 6.48. The smallest absolute Gasteiger partial charge is 0.335 e. The number of amides is 5. The molecule has 1 heterocycles. The van der Waals surface area contributed by atoms with Crippen molar-refractivity contribution >= 4 is 57.1 Å². The van der Waals surface area contributed by atoms with Crippen LogP contribution in [0.2, 0.25) is 0 Å². The van der Waals surface area contributed by atoms with Crippen LogP contribution in [-0.4, -0.2) is 37.5 Å². The SMILES string of the molecule is COc1cc(/C=C2/C(=O)NC(=O)N(c3ccc(OCc4ccccc4)cc3)C2=O)cc(Br)c1OCC(=O)Nc1ccc(F)cc1. The minimum Gasteiger partial charge on any atom is -0.493 e. The monoisotopic (exact) mass is 673 g/mol. The lowest BCUT2D eigenvalue weighted by atomic mass is 10.1. The number of carbonyl (C=O) groups excluding carboxylic acids is 4. The second-order valence-electron chi connectivity index (χ2n) is 9.60. The summed E-state index contributed by atoms with van der Waals surface area (Å²) in [6.07, 6.45) is 1.31. The predicted molar refractivity (Wildman–Crippen MR) is 167 cm³/mol. The van der Waals surface area contributed by atoms with Gasteiger partial charge in [-0.05, 0) is 93.8 Å². The van der Waals surface area contributed by atoms with Crippen molar-refractivity contribution in [3.63, 3.8) is 0 Å². The molecular weight excluding hydrogens is 649 g/mol. The Morgan fingerprint density at radius 2 is 1.67 bits per heavy atom. The van der Waals surface area contributed by atoms with Gasteiger partial charge in [0.15, 0.2) is 18.1 Å². The molecule has 0 aliphatic carbocycles. The molecule has 228 valence electrons. The van der Waals surface area contributed by atoms with Gasteiger partial charge in [0.2, 0.25) is 0 Å². The number of halogens is 2. The van der Waals surface area contributed by atoms with Crippen LogP contribution in [0.15, 0.2) is 101 Å². The molecule has 45 heavy (non-hydrogen) atoms. The molecule has 1 aliphatic heterocycles. The first-order valence-corrected chi connectivity index (χ1v) is 14.2. The van der Waals surface area contributed by atoms with Gasteiger partial charge in [0.05, 0.1) is 17.3 Å². The standard InChI is InChI=1S/C33H25BrFN3O7/c1-43-28-17-21(16-27(34)30(28)45-19-29(39)36-23-9-7-22(35)8-10-23)15-26-31(40)37-33(42)38(32(26)41)24-11-13-25(14-12-24)44-18-20-5-3-2-4-6-20/h2-17H,18-19H2,1H3,(H,36,39)(H,37,40,42)/b26-15-. The van der Waals surface area contributed by atoms with Gasteiger partial charge in [-0.25, -0.2) is 14.1 Å². The Hall–Kier alpha value is -5.49. The van der Waals surface area contributed by atoms with E-state index in [4.69, 9.17) is 14.2 Å². The lowest BCUT2D eigenvalue weighted by molar-refractivity contribution is -0.122. The van der Waals surface area contributed by atoms with Crippen LogP contribution in [0.3, 0.4) is 0 Å². The van der Waals surface area contributed by atoms with Gasteiger partial charge in [-0.15, -0.1) is 0 Å². The Balaban J connectivity index is 1.30. The third kappa shape index (κ3) is 7.54. The number of hydrogen-bond donors (Lipinski definition) is 2. The maximum Gasteiger partial charge on any atom is 0.335 e. The summed E-state index contributed by atoms with van der Waals surface area (Å²) in [6, 6.07) is 23.4. The first-order valence-electron chi connectivity index (χ1n) is 13.5. The number of ether oxygens (including phenoxy) is 3. The molecule has 0 atom stereocenters. The number of anilines is 2. The van der Waals surface area contributed by atoms with Crippen LogP contribution in [-0.2, 0) is 21.0 Å². The minimum absolute atomic E-state index is 0.194. The minimum atomic E-state index is -0.887. The molecule has 0 radical (unpaired) electrons.